The zero-order valence-electron chi connectivity index (χ0n) is 11.4. The Balaban J connectivity index is 2.20. The highest BCUT2D eigenvalue weighted by Gasteiger charge is 2.18. The van der Waals surface area contributed by atoms with Crippen LogP contribution in [0.25, 0.3) is 11.3 Å². The number of carbonyl (C=O) groups is 1. The summed E-state index contributed by atoms with van der Waals surface area (Å²) in [6.07, 6.45) is 2.01. The van der Waals surface area contributed by atoms with Gasteiger partial charge in [-0.1, -0.05) is 45.9 Å². The van der Waals surface area contributed by atoms with E-state index in [1.54, 1.807) is 0 Å². The van der Waals surface area contributed by atoms with Crippen molar-refractivity contribution in [2.45, 2.75) is 32.7 Å². The fourth-order valence-corrected chi connectivity index (χ4v) is 2.79. The molecule has 1 amide bonds. The van der Waals surface area contributed by atoms with Crippen LogP contribution in [0.3, 0.4) is 0 Å². The van der Waals surface area contributed by atoms with Crippen LogP contribution in [0.1, 0.15) is 36.4 Å². The highest BCUT2D eigenvalue weighted by Crippen LogP contribution is 2.25. The lowest BCUT2D eigenvalue weighted by atomic mass is 10.1. The standard InChI is InChI=1S/C14H16BrN3OS/c1-3-4-9(2)16-14(19)13-12(17-18-20-13)10-5-7-11(15)8-6-10/h5-9H,3-4H2,1-2H3,(H,16,19)/t9-/m0/s1. The predicted octanol–water partition coefficient (Wildman–Crippen LogP) is 3.89. The summed E-state index contributed by atoms with van der Waals surface area (Å²) in [5.41, 5.74) is 1.54. The number of benzene rings is 1. The lowest BCUT2D eigenvalue weighted by Crippen LogP contribution is -2.32. The van der Waals surface area contributed by atoms with Crippen molar-refractivity contribution in [3.63, 3.8) is 0 Å². The number of nitrogens with one attached hydrogen (secondary N) is 1. The second-order valence-corrected chi connectivity index (χ2v) is 6.29. The maximum absolute atomic E-state index is 12.3. The molecule has 0 spiro atoms. The van der Waals surface area contributed by atoms with Crippen LogP contribution in [0.2, 0.25) is 0 Å². The molecule has 1 aromatic heterocycles. The summed E-state index contributed by atoms with van der Waals surface area (Å²) in [5.74, 6) is -0.0983. The third-order valence-electron chi connectivity index (χ3n) is 2.91. The van der Waals surface area contributed by atoms with Crippen LogP contribution in [-0.2, 0) is 0 Å². The van der Waals surface area contributed by atoms with Gasteiger partial charge in [0.05, 0.1) is 0 Å². The van der Waals surface area contributed by atoms with Crippen molar-refractivity contribution in [1.29, 1.82) is 0 Å². The number of rotatable bonds is 5. The summed E-state index contributed by atoms with van der Waals surface area (Å²) in [5, 5.41) is 7.07. The molecular formula is C14H16BrN3OS. The van der Waals surface area contributed by atoms with Crippen LogP contribution in [0.4, 0.5) is 0 Å². The van der Waals surface area contributed by atoms with E-state index in [2.05, 4.69) is 37.8 Å². The summed E-state index contributed by atoms with van der Waals surface area (Å²) in [6, 6.07) is 7.86. The van der Waals surface area contributed by atoms with Gasteiger partial charge in [-0.3, -0.25) is 4.79 Å². The summed E-state index contributed by atoms with van der Waals surface area (Å²) >= 11 is 4.53. The van der Waals surface area contributed by atoms with Gasteiger partial charge in [-0.2, -0.15) is 0 Å². The average Bonchev–Trinajstić information content (AvgIpc) is 2.89. The Morgan fingerprint density at radius 3 is 2.75 bits per heavy atom. The van der Waals surface area contributed by atoms with Crippen LogP contribution < -0.4 is 5.32 Å². The fraction of sp³-hybridized carbons (Fsp3) is 0.357. The molecule has 1 heterocycles. The summed E-state index contributed by atoms with van der Waals surface area (Å²) in [7, 11) is 0. The Bertz CT molecular complexity index is 582. The molecule has 1 N–H and O–H groups in total. The van der Waals surface area contributed by atoms with E-state index in [0.29, 0.717) is 10.6 Å². The summed E-state index contributed by atoms with van der Waals surface area (Å²) < 4.78 is 4.91. The second kappa shape index (κ2) is 6.95. The first kappa shape index (κ1) is 15.1. The molecule has 0 aliphatic heterocycles. The van der Waals surface area contributed by atoms with E-state index < -0.39 is 0 Å². The summed E-state index contributed by atoms with van der Waals surface area (Å²) in [6.45, 7) is 4.11. The second-order valence-electron chi connectivity index (χ2n) is 4.62. The van der Waals surface area contributed by atoms with E-state index in [-0.39, 0.29) is 11.9 Å². The molecule has 6 heteroatoms. The number of carbonyl (C=O) groups excluding carboxylic acids is 1. The first-order valence-electron chi connectivity index (χ1n) is 6.51. The van der Waals surface area contributed by atoms with Crippen molar-refractivity contribution in [2.75, 3.05) is 0 Å². The third kappa shape index (κ3) is 3.64. The Hall–Kier alpha value is -1.27. The number of aromatic nitrogens is 2. The molecular weight excluding hydrogens is 338 g/mol. The average molecular weight is 354 g/mol. The molecule has 0 radical (unpaired) electrons. The molecule has 1 aromatic carbocycles. The molecule has 4 nitrogen and oxygen atoms in total. The van der Waals surface area contributed by atoms with Gasteiger partial charge < -0.3 is 5.32 Å². The normalized spacial score (nSPS) is 12.2. The van der Waals surface area contributed by atoms with Crippen molar-refractivity contribution < 1.29 is 4.79 Å². The first-order valence-corrected chi connectivity index (χ1v) is 8.07. The smallest absolute Gasteiger partial charge is 0.265 e. The van der Waals surface area contributed by atoms with Crippen molar-refractivity contribution in [3.8, 4) is 11.3 Å². The van der Waals surface area contributed by atoms with Crippen molar-refractivity contribution in [1.82, 2.24) is 14.9 Å². The fourth-order valence-electron chi connectivity index (χ4n) is 1.93. The van der Waals surface area contributed by atoms with Gasteiger partial charge in [0.15, 0.2) is 0 Å². The molecule has 20 heavy (non-hydrogen) atoms. The molecule has 106 valence electrons. The monoisotopic (exact) mass is 353 g/mol. The third-order valence-corrected chi connectivity index (χ3v) is 4.16. The van der Waals surface area contributed by atoms with Crippen LogP contribution in [0.15, 0.2) is 28.7 Å². The summed E-state index contributed by atoms with van der Waals surface area (Å²) in [4.78, 5) is 12.8. The molecule has 0 aliphatic rings. The Morgan fingerprint density at radius 1 is 1.40 bits per heavy atom. The van der Waals surface area contributed by atoms with Gasteiger partial charge >= 0.3 is 0 Å². The van der Waals surface area contributed by atoms with Gasteiger partial charge in [-0.05, 0) is 37.0 Å². The van der Waals surface area contributed by atoms with E-state index in [9.17, 15) is 4.79 Å². The van der Waals surface area contributed by atoms with Crippen LogP contribution >= 0.6 is 27.5 Å². The van der Waals surface area contributed by atoms with E-state index in [4.69, 9.17) is 0 Å². The van der Waals surface area contributed by atoms with Gasteiger partial charge in [0, 0.05) is 16.1 Å². The zero-order chi connectivity index (χ0) is 14.5. The molecule has 0 unspecified atom stereocenters. The Kier molecular flexibility index (Phi) is 5.25. The first-order chi connectivity index (χ1) is 9.61. The lowest BCUT2D eigenvalue weighted by Gasteiger charge is -2.11. The minimum atomic E-state index is -0.0983. The predicted molar refractivity (Wildman–Crippen MR) is 84.9 cm³/mol. The van der Waals surface area contributed by atoms with Crippen molar-refractivity contribution in [2.24, 2.45) is 0 Å². The SMILES string of the molecule is CCC[C@H](C)NC(=O)c1snnc1-c1ccc(Br)cc1. The maximum atomic E-state index is 12.3. The minimum absolute atomic E-state index is 0.0983. The van der Waals surface area contributed by atoms with Crippen molar-refractivity contribution >= 4 is 33.4 Å². The lowest BCUT2D eigenvalue weighted by molar-refractivity contribution is 0.0943. The van der Waals surface area contributed by atoms with Crippen LogP contribution in [-0.4, -0.2) is 21.5 Å². The molecule has 0 saturated heterocycles. The quantitative estimate of drug-likeness (QED) is 0.886. The largest absolute Gasteiger partial charge is 0.349 e. The molecule has 1 atom stereocenters. The van der Waals surface area contributed by atoms with E-state index in [0.717, 1.165) is 34.4 Å². The van der Waals surface area contributed by atoms with Gasteiger partial charge in [-0.15, -0.1) is 5.10 Å². The Labute approximate surface area is 130 Å². The molecule has 0 bridgehead atoms. The van der Waals surface area contributed by atoms with Crippen LogP contribution in [0, 0.1) is 0 Å². The van der Waals surface area contributed by atoms with Crippen LogP contribution in [0.5, 0.6) is 0 Å². The van der Waals surface area contributed by atoms with Gasteiger partial charge in [0.25, 0.3) is 5.91 Å². The van der Waals surface area contributed by atoms with Gasteiger partial charge in [0.1, 0.15) is 10.6 Å². The van der Waals surface area contributed by atoms with E-state index in [1.165, 1.54) is 0 Å². The highest BCUT2D eigenvalue weighted by molar-refractivity contribution is 9.10. The molecule has 0 aliphatic carbocycles. The number of hydrogen-bond acceptors (Lipinski definition) is 4. The number of hydrogen-bond donors (Lipinski definition) is 1. The van der Waals surface area contributed by atoms with E-state index >= 15 is 0 Å². The topological polar surface area (TPSA) is 54.9 Å². The molecule has 0 fully saturated rings. The van der Waals surface area contributed by atoms with E-state index in [1.807, 2.05) is 31.2 Å². The zero-order valence-corrected chi connectivity index (χ0v) is 13.8. The highest BCUT2D eigenvalue weighted by atomic mass is 79.9. The minimum Gasteiger partial charge on any atom is -0.349 e. The Morgan fingerprint density at radius 2 is 2.10 bits per heavy atom. The van der Waals surface area contributed by atoms with Gasteiger partial charge in [-0.25, -0.2) is 0 Å². The molecule has 2 aromatic rings. The molecule has 0 saturated carbocycles. The number of nitrogens with zero attached hydrogens (tertiary/aromatic N) is 2. The van der Waals surface area contributed by atoms with Crippen molar-refractivity contribution in [3.05, 3.63) is 33.6 Å². The molecule has 2 rings (SSSR count). The van der Waals surface area contributed by atoms with Gasteiger partial charge in [0.2, 0.25) is 0 Å². The maximum Gasteiger partial charge on any atom is 0.265 e. The number of halogens is 1. The number of amides is 1.